The molecule has 4 aromatic rings. The van der Waals surface area contributed by atoms with E-state index >= 15 is 0 Å². The summed E-state index contributed by atoms with van der Waals surface area (Å²) in [6, 6.07) is 28.0. The van der Waals surface area contributed by atoms with Crippen LogP contribution in [-0.2, 0) is 19.3 Å². The predicted molar refractivity (Wildman–Crippen MR) is 174 cm³/mol. The molecule has 0 atom stereocenters. The lowest BCUT2D eigenvalue weighted by molar-refractivity contribution is -0.141. The van der Waals surface area contributed by atoms with Crippen molar-refractivity contribution < 1.29 is 33.6 Å². The summed E-state index contributed by atoms with van der Waals surface area (Å²) >= 11 is 0. The summed E-state index contributed by atoms with van der Waals surface area (Å²) in [5.41, 5.74) is 4.77. The van der Waals surface area contributed by atoms with Crippen LogP contribution in [-0.4, -0.2) is 40.7 Å². The van der Waals surface area contributed by atoms with E-state index in [1.54, 1.807) is 66.7 Å². The number of benzene rings is 4. The molecule has 0 saturated carbocycles. The van der Waals surface area contributed by atoms with E-state index in [0.717, 1.165) is 5.56 Å². The standard InChI is InChI=1S/C36H31N3O7/c1-22-8-6-7-9-33(22)36(44)29-14-20-32(21-15-29)39(30-16-10-27(11-17-30)34(42)23(2)37-45-25(4)40)31-18-12-28(13-19-31)35(43)24(3)38-46-26(5)41/h6-21H,1-5H3. The van der Waals surface area contributed by atoms with Gasteiger partial charge in [0.25, 0.3) is 0 Å². The highest BCUT2D eigenvalue weighted by Gasteiger charge is 2.18. The smallest absolute Gasteiger partial charge is 0.318 e. The van der Waals surface area contributed by atoms with Gasteiger partial charge in [-0.2, -0.15) is 0 Å². The molecule has 0 radical (unpaired) electrons. The molecule has 46 heavy (non-hydrogen) atoms. The monoisotopic (exact) mass is 617 g/mol. The highest BCUT2D eigenvalue weighted by atomic mass is 16.7. The topological polar surface area (TPSA) is 132 Å². The second-order valence-corrected chi connectivity index (χ2v) is 10.3. The molecule has 0 spiro atoms. The highest BCUT2D eigenvalue weighted by molar-refractivity contribution is 6.45. The van der Waals surface area contributed by atoms with Crippen LogP contribution in [0, 0.1) is 6.92 Å². The molecule has 10 heteroatoms. The number of rotatable bonds is 11. The van der Waals surface area contributed by atoms with Crippen LogP contribution < -0.4 is 4.90 Å². The summed E-state index contributed by atoms with van der Waals surface area (Å²) in [5, 5.41) is 7.15. The Balaban J connectivity index is 1.70. The van der Waals surface area contributed by atoms with Crippen LogP contribution in [0.25, 0.3) is 0 Å². The van der Waals surface area contributed by atoms with Crippen molar-refractivity contribution in [2.75, 3.05) is 4.90 Å². The Morgan fingerprint density at radius 3 is 1.26 bits per heavy atom. The van der Waals surface area contributed by atoms with Gasteiger partial charge in [-0.1, -0.05) is 34.6 Å². The molecule has 0 saturated heterocycles. The first-order chi connectivity index (χ1) is 22.0. The third-order valence-electron chi connectivity index (χ3n) is 6.83. The first kappa shape index (κ1) is 32.9. The molecule has 0 heterocycles. The number of Topliss-reactive ketones (excluding diaryl/α,β-unsaturated/α-hetero) is 2. The van der Waals surface area contributed by atoms with E-state index in [4.69, 9.17) is 0 Å². The average Bonchev–Trinajstić information content (AvgIpc) is 3.06. The second-order valence-electron chi connectivity index (χ2n) is 10.3. The molecular formula is C36H31N3O7. The van der Waals surface area contributed by atoms with Crippen molar-refractivity contribution in [1.82, 2.24) is 0 Å². The van der Waals surface area contributed by atoms with Gasteiger partial charge in [-0.25, -0.2) is 9.59 Å². The molecule has 0 unspecified atom stereocenters. The number of hydrogen-bond donors (Lipinski definition) is 0. The SMILES string of the molecule is CC(=O)ON=C(C)C(=O)c1ccc(N(c2ccc(C(=O)C(C)=NOC(C)=O)cc2)c2ccc(C(=O)c3ccccc3C)cc2)cc1. The summed E-state index contributed by atoms with van der Waals surface area (Å²) < 4.78 is 0. The molecule has 0 aromatic heterocycles. The quantitative estimate of drug-likeness (QED) is 0.0765. The van der Waals surface area contributed by atoms with Gasteiger partial charge >= 0.3 is 11.9 Å². The van der Waals surface area contributed by atoms with Crippen LogP contribution in [0.4, 0.5) is 17.1 Å². The molecule has 0 aliphatic heterocycles. The molecule has 0 fully saturated rings. The number of hydrogen-bond acceptors (Lipinski definition) is 10. The Morgan fingerprint density at radius 1 is 0.522 bits per heavy atom. The number of aryl methyl sites for hydroxylation is 1. The minimum Gasteiger partial charge on any atom is -0.318 e. The Kier molecular flexibility index (Phi) is 10.5. The van der Waals surface area contributed by atoms with Gasteiger partial charge in [0.15, 0.2) is 5.78 Å². The van der Waals surface area contributed by atoms with Crippen LogP contribution in [0.2, 0.25) is 0 Å². The predicted octanol–water partition coefficient (Wildman–Crippen LogP) is 6.94. The Labute approximate surface area is 265 Å². The third kappa shape index (κ3) is 7.92. The summed E-state index contributed by atoms with van der Waals surface area (Å²) in [6.07, 6.45) is 0. The molecule has 4 rings (SSSR count). The van der Waals surface area contributed by atoms with Crippen LogP contribution in [0.15, 0.2) is 107 Å². The van der Waals surface area contributed by atoms with Gasteiger partial charge < -0.3 is 14.6 Å². The first-order valence-corrected chi connectivity index (χ1v) is 14.2. The Bertz CT molecular complexity index is 1770. The zero-order valence-electron chi connectivity index (χ0n) is 25.9. The summed E-state index contributed by atoms with van der Waals surface area (Å²) in [6.45, 7) is 7.17. The normalized spacial score (nSPS) is 11.4. The van der Waals surface area contributed by atoms with Crippen LogP contribution in [0.3, 0.4) is 0 Å². The minimum absolute atomic E-state index is 0.0153. The third-order valence-corrected chi connectivity index (χ3v) is 6.83. The first-order valence-electron chi connectivity index (χ1n) is 14.2. The van der Waals surface area contributed by atoms with Crippen molar-refractivity contribution in [2.45, 2.75) is 34.6 Å². The van der Waals surface area contributed by atoms with E-state index in [9.17, 15) is 24.0 Å². The van der Waals surface area contributed by atoms with Crippen molar-refractivity contribution in [3.05, 3.63) is 125 Å². The number of carbonyl (C=O) groups is 5. The number of carbonyl (C=O) groups excluding carboxylic acids is 5. The Hall–Kier alpha value is -6.03. The maximum Gasteiger partial charge on any atom is 0.331 e. The van der Waals surface area contributed by atoms with Gasteiger partial charge in [-0.15, -0.1) is 0 Å². The Morgan fingerprint density at radius 2 is 0.891 bits per heavy atom. The fourth-order valence-corrected chi connectivity index (χ4v) is 4.48. The lowest BCUT2D eigenvalue weighted by Crippen LogP contribution is -2.14. The summed E-state index contributed by atoms with van der Waals surface area (Å²) in [7, 11) is 0. The van der Waals surface area contributed by atoms with Crippen molar-refractivity contribution in [3.8, 4) is 0 Å². The minimum atomic E-state index is -0.635. The zero-order valence-corrected chi connectivity index (χ0v) is 25.9. The average molecular weight is 618 g/mol. The number of nitrogens with zero attached hydrogens (tertiary/aromatic N) is 3. The van der Waals surface area contributed by atoms with Crippen LogP contribution in [0.5, 0.6) is 0 Å². The lowest BCUT2D eigenvalue weighted by Gasteiger charge is -2.26. The maximum absolute atomic E-state index is 13.2. The fraction of sp³-hybridized carbons (Fsp3) is 0.139. The summed E-state index contributed by atoms with van der Waals surface area (Å²) in [5.74, 6) is -2.19. The fourth-order valence-electron chi connectivity index (χ4n) is 4.48. The molecule has 232 valence electrons. The molecule has 0 N–H and O–H groups in total. The largest absolute Gasteiger partial charge is 0.331 e. The van der Waals surface area contributed by atoms with E-state index in [1.165, 1.54) is 27.7 Å². The van der Waals surface area contributed by atoms with Gasteiger partial charge in [0.05, 0.1) is 0 Å². The number of oxime groups is 2. The van der Waals surface area contributed by atoms with Gasteiger partial charge in [0.1, 0.15) is 11.4 Å². The van der Waals surface area contributed by atoms with E-state index in [1.807, 2.05) is 42.2 Å². The van der Waals surface area contributed by atoms with Gasteiger partial charge in [0, 0.05) is 53.2 Å². The molecule has 0 aliphatic rings. The molecule has 0 amide bonds. The number of anilines is 3. The van der Waals surface area contributed by atoms with Gasteiger partial charge in [-0.05, 0) is 99.1 Å². The molecular weight excluding hydrogens is 586 g/mol. The van der Waals surface area contributed by atoms with Gasteiger partial charge in [0.2, 0.25) is 11.6 Å². The van der Waals surface area contributed by atoms with E-state index in [2.05, 4.69) is 20.0 Å². The second kappa shape index (κ2) is 14.6. The number of ketones is 3. The van der Waals surface area contributed by atoms with E-state index < -0.39 is 23.5 Å². The van der Waals surface area contributed by atoms with E-state index in [-0.39, 0.29) is 17.2 Å². The van der Waals surface area contributed by atoms with Crippen molar-refractivity contribution in [2.24, 2.45) is 10.3 Å². The lowest BCUT2D eigenvalue weighted by atomic mass is 9.99. The summed E-state index contributed by atoms with van der Waals surface area (Å²) in [4.78, 5) is 72.1. The van der Waals surface area contributed by atoms with Crippen molar-refractivity contribution in [3.63, 3.8) is 0 Å². The molecule has 0 bridgehead atoms. The molecule has 10 nitrogen and oxygen atoms in total. The van der Waals surface area contributed by atoms with Gasteiger partial charge in [-0.3, -0.25) is 14.4 Å². The van der Waals surface area contributed by atoms with Crippen molar-refractivity contribution >= 4 is 57.8 Å². The van der Waals surface area contributed by atoms with Crippen molar-refractivity contribution in [1.29, 1.82) is 0 Å². The highest BCUT2D eigenvalue weighted by Crippen LogP contribution is 2.35. The van der Waals surface area contributed by atoms with E-state index in [0.29, 0.717) is 39.3 Å². The maximum atomic E-state index is 13.2. The molecule has 0 aliphatic carbocycles. The zero-order chi connectivity index (χ0) is 33.4. The molecule has 4 aromatic carbocycles. The van der Waals surface area contributed by atoms with Crippen LogP contribution in [0.1, 0.15) is 69.9 Å². The van der Waals surface area contributed by atoms with Crippen LogP contribution >= 0.6 is 0 Å².